The molecular weight excluding hydrogens is 438 g/mol. The van der Waals surface area contributed by atoms with Crippen LogP contribution in [0, 0.1) is 6.92 Å². The quantitative estimate of drug-likeness (QED) is 0.384. The molecule has 3 aromatic carbocycles. The molecule has 1 atom stereocenters. The molecule has 0 heterocycles. The number of hydrogen-bond acceptors (Lipinski definition) is 5. The van der Waals surface area contributed by atoms with E-state index >= 15 is 0 Å². The van der Waals surface area contributed by atoms with Gasteiger partial charge in [-0.2, -0.15) is 5.10 Å². The molecule has 0 bridgehead atoms. The molecule has 3 rings (SSSR count). The fraction of sp³-hybridized carbons (Fsp3) is 0.200. The third kappa shape index (κ3) is 6.92. The number of hydrogen-bond donors (Lipinski definition) is 1. The van der Waals surface area contributed by atoms with Gasteiger partial charge in [-0.25, -0.2) is 13.8 Å². The number of nitrogens with zero attached hydrogens (tertiary/aromatic N) is 2. The number of rotatable bonds is 9. The Morgan fingerprint density at radius 3 is 2.27 bits per heavy atom. The van der Waals surface area contributed by atoms with Crippen LogP contribution in [-0.4, -0.2) is 32.8 Å². The van der Waals surface area contributed by atoms with E-state index in [1.165, 1.54) is 18.7 Å². The summed E-state index contributed by atoms with van der Waals surface area (Å²) in [6.45, 7) is 4.03. The summed E-state index contributed by atoms with van der Waals surface area (Å²) in [4.78, 5) is 12.5. The molecule has 1 N–H and O–H groups in total. The molecule has 0 aromatic heterocycles. The lowest BCUT2D eigenvalue weighted by atomic mass is 10.2. The summed E-state index contributed by atoms with van der Waals surface area (Å²) < 4.78 is 31.4. The highest BCUT2D eigenvalue weighted by Crippen LogP contribution is 2.20. The highest BCUT2D eigenvalue weighted by molar-refractivity contribution is 7.92. The molecule has 8 heteroatoms. The number of carbonyl (C=O) groups excluding carboxylic acids is 1. The van der Waals surface area contributed by atoms with Gasteiger partial charge >= 0.3 is 0 Å². The molecule has 0 aliphatic rings. The van der Waals surface area contributed by atoms with Crippen LogP contribution in [-0.2, 0) is 21.4 Å². The minimum Gasteiger partial charge on any atom is -0.489 e. The SMILES string of the molecule is Cc1ccc(COc2ccc(/C=N\NC(=O)[C@H](C)N(c3ccccc3)S(C)(=O)=O)cc2)cc1. The predicted octanol–water partition coefficient (Wildman–Crippen LogP) is 3.88. The second-order valence-electron chi connectivity index (χ2n) is 7.65. The maximum atomic E-state index is 12.5. The lowest BCUT2D eigenvalue weighted by Crippen LogP contribution is -2.46. The van der Waals surface area contributed by atoms with Crippen molar-refractivity contribution in [2.45, 2.75) is 26.5 Å². The lowest BCUT2D eigenvalue weighted by molar-refractivity contribution is -0.121. The topological polar surface area (TPSA) is 88.1 Å². The normalized spacial score (nSPS) is 12.3. The third-order valence-corrected chi connectivity index (χ3v) is 6.14. The molecule has 0 saturated heterocycles. The molecule has 0 aliphatic heterocycles. The summed E-state index contributed by atoms with van der Waals surface area (Å²) in [5.74, 6) is 0.176. The van der Waals surface area contributed by atoms with Crippen molar-refractivity contribution in [3.8, 4) is 5.75 Å². The maximum Gasteiger partial charge on any atom is 0.263 e. The van der Waals surface area contributed by atoms with Gasteiger partial charge in [-0.3, -0.25) is 9.10 Å². The molecule has 0 saturated carbocycles. The number of hydrazone groups is 1. The fourth-order valence-electron chi connectivity index (χ4n) is 3.15. The van der Waals surface area contributed by atoms with Crippen molar-refractivity contribution in [1.82, 2.24) is 5.43 Å². The zero-order valence-corrected chi connectivity index (χ0v) is 19.6. The molecule has 33 heavy (non-hydrogen) atoms. The van der Waals surface area contributed by atoms with Crippen molar-refractivity contribution in [2.24, 2.45) is 5.10 Å². The van der Waals surface area contributed by atoms with Crippen LogP contribution in [0.4, 0.5) is 5.69 Å². The molecule has 7 nitrogen and oxygen atoms in total. The van der Waals surface area contributed by atoms with E-state index in [9.17, 15) is 13.2 Å². The first-order chi connectivity index (χ1) is 15.7. The Labute approximate surface area is 194 Å². The van der Waals surface area contributed by atoms with E-state index < -0.39 is 22.0 Å². The van der Waals surface area contributed by atoms with E-state index in [4.69, 9.17) is 4.74 Å². The molecule has 1 amide bonds. The van der Waals surface area contributed by atoms with Crippen LogP contribution in [0.3, 0.4) is 0 Å². The zero-order chi connectivity index (χ0) is 23.8. The van der Waals surface area contributed by atoms with Crippen molar-refractivity contribution in [3.05, 3.63) is 95.6 Å². The number of amides is 1. The van der Waals surface area contributed by atoms with Crippen LogP contribution in [0.25, 0.3) is 0 Å². The van der Waals surface area contributed by atoms with Gasteiger partial charge in [0.15, 0.2) is 0 Å². The molecule has 0 spiro atoms. The van der Waals surface area contributed by atoms with Crippen molar-refractivity contribution in [1.29, 1.82) is 0 Å². The van der Waals surface area contributed by atoms with E-state index in [1.54, 1.807) is 30.3 Å². The van der Waals surface area contributed by atoms with E-state index in [0.717, 1.165) is 27.4 Å². The highest BCUT2D eigenvalue weighted by atomic mass is 32.2. The number of ether oxygens (including phenoxy) is 1. The van der Waals surface area contributed by atoms with Crippen molar-refractivity contribution in [2.75, 3.05) is 10.6 Å². The standard InChI is InChI=1S/C25H27N3O4S/c1-19-9-11-22(12-10-19)18-32-24-15-13-21(14-16-24)17-26-27-25(29)20(2)28(33(3,30)31)23-7-5-4-6-8-23/h4-17,20H,18H2,1-3H3,(H,27,29)/b26-17-/t20-/m0/s1. The van der Waals surface area contributed by atoms with E-state index in [2.05, 4.69) is 10.5 Å². The van der Waals surface area contributed by atoms with Crippen LogP contribution in [0.2, 0.25) is 0 Å². The van der Waals surface area contributed by atoms with Crippen LogP contribution in [0.1, 0.15) is 23.6 Å². The van der Waals surface area contributed by atoms with Crippen molar-refractivity contribution >= 4 is 27.8 Å². The maximum absolute atomic E-state index is 12.5. The van der Waals surface area contributed by atoms with Crippen molar-refractivity contribution < 1.29 is 17.9 Å². The number of carbonyl (C=O) groups is 1. The Morgan fingerprint density at radius 1 is 1.03 bits per heavy atom. The van der Waals surface area contributed by atoms with E-state index in [1.807, 2.05) is 55.5 Å². The Balaban J connectivity index is 1.57. The Kier molecular flexibility index (Phi) is 7.84. The number of nitrogens with one attached hydrogen (secondary N) is 1. The average molecular weight is 466 g/mol. The molecule has 0 unspecified atom stereocenters. The summed E-state index contributed by atoms with van der Waals surface area (Å²) in [6, 6.07) is 22.9. The van der Waals surface area contributed by atoms with E-state index in [0.29, 0.717) is 12.3 Å². The minimum absolute atomic E-state index is 0.410. The molecule has 172 valence electrons. The van der Waals surface area contributed by atoms with Crippen LogP contribution in [0.15, 0.2) is 84.0 Å². The lowest BCUT2D eigenvalue weighted by Gasteiger charge is -2.27. The monoisotopic (exact) mass is 465 g/mol. The predicted molar refractivity (Wildman–Crippen MR) is 131 cm³/mol. The minimum atomic E-state index is -3.67. The molecule has 0 radical (unpaired) electrons. The summed E-state index contributed by atoms with van der Waals surface area (Å²) in [7, 11) is -3.67. The molecular formula is C25H27N3O4S. The summed E-state index contributed by atoms with van der Waals surface area (Å²) in [5.41, 5.74) is 5.87. The van der Waals surface area contributed by atoms with E-state index in [-0.39, 0.29) is 0 Å². The first kappa shape index (κ1) is 24.0. The second kappa shape index (κ2) is 10.8. The Bertz CT molecular complexity index is 1190. The number of para-hydroxylation sites is 1. The summed E-state index contributed by atoms with van der Waals surface area (Å²) in [6.07, 6.45) is 2.55. The average Bonchev–Trinajstić information content (AvgIpc) is 2.79. The zero-order valence-electron chi connectivity index (χ0n) is 18.8. The third-order valence-electron chi connectivity index (χ3n) is 4.89. The van der Waals surface area contributed by atoms with Crippen LogP contribution >= 0.6 is 0 Å². The Hall–Kier alpha value is -3.65. The summed E-state index contributed by atoms with van der Waals surface area (Å²) >= 11 is 0. The van der Waals surface area contributed by atoms with Gasteiger partial charge in [0.2, 0.25) is 10.0 Å². The van der Waals surface area contributed by atoms with Crippen LogP contribution < -0.4 is 14.5 Å². The van der Waals surface area contributed by atoms with Gasteiger partial charge in [-0.1, -0.05) is 48.0 Å². The van der Waals surface area contributed by atoms with Gasteiger partial charge in [0.1, 0.15) is 18.4 Å². The van der Waals surface area contributed by atoms with Gasteiger partial charge in [0, 0.05) is 0 Å². The fourth-order valence-corrected chi connectivity index (χ4v) is 4.32. The van der Waals surface area contributed by atoms with Crippen LogP contribution in [0.5, 0.6) is 5.75 Å². The largest absolute Gasteiger partial charge is 0.489 e. The molecule has 0 aliphatic carbocycles. The number of aryl methyl sites for hydroxylation is 1. The summed E-state index contributed by atoms with van der Waals surface area (Å²) in [5, 5.41) is 3.97. The van der Waals surface area contributed by atoms with Gasteiger partial charge in [-0.15, -0.1) is 0 Å². The molecule has 3 aromatic rings. The van der Waals surface area contributed by atoms with Gasteiger partial charge in [0.05, 0.1) is 18.2 Å². The van der Waals surface area contributed by atoms with Crippen molar-refractivity contribution in [3.63, 3.8) is 0 Å². The second-order valence-corrected chi connectivity index (χ2v) is 9.51. The highest BCUT2D eigenvalue weighted by Gasteiger charge is 2.28. The first-order valence-electron chi connectivity index (χ1n) is 10.4. The number of anilines is 1. The number of sulfonamides is 1. The van der Waals surface area contributed by atoms with Gasteiger partial charge < -0.3 is 4.74 Å². The number of benzene rings is 3. The first-order valence-corrected chi connectivity index (χ1v) is 12.2. The Morgan fingerprint density at radius 2 is 1.67 bits per heavy atom. The van der Waals surface area contributed by atoms with Gasteiger partial charge in [-0.05, 0) is 61.4 Å². The van der Waals surface area contributed by atoms with Gasteiger partial charge in [0.25, 0.3) is 5.91 Å². The smallest absolute Gasteiger partial charge is 0.263 e. The molecule has 0 fully saturated rings.